The summed E-state index contributed by atoms with van der Waals surface area (Å²) in [6, 6.07) is 22.9. The van der Waals surface area contributed by atoms with Crippen LogP contribution in [0, 0.1) is 6.92 Å². The zero-order chi connectivity index (χ0) is 20.5. The minimum absolute atomic E-state index is 0.132. The molecule has 0 spiro atoms. The van der Waals surface area contributed by atoms with E-state index in [1.54, 1.807) is 15.9 Å². The molecule has 0 saturated heterocycles. The van der Waals surface area contributed by atoms with Crippen molar-refractivity contribution < 1.29 is 4.79 Å². The molecule has 0 fully saturated rings. The molecule has 0 unspecified atom stereocenters. The van der Waals surface area contributed by atoms with Crippen molar-refractivity contribution in [1.82, 2.24) is 19.8 Å². The third kappa shape index (κ3) is 3.46. The van der Waals surface area contributed by atoms with E-state index in [4.69, 9.17) is 5.10 Å². The van der Waals surface area contributed by atoms with Crippen LogP contribution in [0.2, 0.25) is 0 Å². The van der Waals surface area contributed by atoms with Crippen molar-refractivity contribution in [2.75, 3.05) is 5.32 Å². The minimum Gasteiger partial charge on any atom is -0.322 e. The highest BCUT2D eigenvalue weighted by Gasteiger charge is 2.12. The smallest absolute Gasteiger partial charge is 0.255 e. The van der Waals surface area contributed by atoms with Crippen LogP contribution in [0.25, 0.3) is 27.6 Å². The number of fused-ring (bicyclic) bond motifs is 1. The first kappa shape index (κ1) is 18.2. The van der Waals surface area contributed by atoms with Crippen LogP contribution in [-0.4, -0.2) is 25.7 Å². The van der Waals surface area contributed by atoms with Gasteiger partial charge in [-0.05, 0) is 54.8 Å². The van der Waals surface area contributed by atoms with Crippen LogP contribution in [0.1, 0.15) is 15.9 Å². The van der Waals surface area contributed by atoms with Crippen molar-refractivity contribution in [3.05, 3.63) is 89.3 Å². The molecule has 2 aromatic carbocycles. The van der Waals surface area contributed by atoms with Gasteiger partial charge in [0.2, 0.25) is 0 Å². The highest BCUT2D eigenvalue weighted by Crippen LogP contribution is 2.25. The summed E-state index contributed by atoms with van der Waals surface area (Å²) in [5.41, 5.74) is 4.92. The number of thiophene rings is 1. The largest absolute Gasteiger partial charge is 0.322 e. The number of hydrogen-bond donors (Lipinski definition) is 1. The van der Waals surface area contributed by atoms with Gasteiger partial charge in [0, 0.05) is 16.8 Å². The SMILES string of the molecule is Cc1ccc(C(=O)Nc2ccc(-c3ccc4nnc(-c5cccs5)n4n3)cc2)cc1. The average molecular weight is 411 g/mol. The fourth-order valence-electron chi connectivity index (χ4n) is 3.13. The van der Waals surface area contributed by atoms with E-state index >= 15 is 0 Å². The van der Waals surface area contributed by atoms with Crippen LogP contribution in [0.5, 0.6) is 0 Å². The second-order valence-electron chi connectivity index (χ2n) is 6.89. The Labute approximate surface area is 176 Å². The normalized spacial score (nSPS) is 11.0. The molecule has 0 bridgehead atoms. The second kappa shape index (κ2) is 7.53. The van der Waals surface area contributed by atoms with Crippen molar-refractivity contribution in [2.45, 2.75) is 6.92 Å². The highest BCUT2D eigenvalue weighted by molar-refractivity contribution is 7.13. The Bertz CT molecular complexity index is 1320. The summed E-state index contributed by atoms with van der Waals surface area (Å²) < 4.78 is 1.76. The first-order chi connectivity index (χ1) is 14.7. The lowest BCUT2D eigenvalue weighted by molar-refractivity contribution is 0.102. The molecule has 0 saturated carbocycles. The molecule has 3 heterocycles. The van der Waals surface area contributed by atoms with Gasteiger partial charge in [-0.25, -0.2) is 0 Å². The van der Waals surface area contributed by atoms with Crippen molar-refractivity contribution in [3.8, 4) is 22.0 Å². The number of benzene rings is 2. The summed E-state index contributed by atoms with van der Waals surface area (Å²) in [6.07, 6.45) is 0. The number of aromatic nitrogens is 4. The molecule has 30 heavy (non-hydrogen) atoms. The van der Waals surface area contributed by atoms with Gasteiger partial charge in [-0.15, -0.1) is 21.5 Å². The van der Waals surface area contributed by atoms with E-state index in [-0.39, 0.29) is 5.91 Å². The molecule has 0 radical (unpaired) electrons. The molecule has 0 atom stereocenters. The Kier molecular flexibility index (Phi) is 4.57. The molecule has 0 aliphatic heterocycles. The number of rotatable bonds is 4. The van der Waals surface area contributed by atoms with Gasteiger partial charge in [-0.2, -0.15) is 9.61 Å². The fourth-order valence-corrected chi connectivity index (χ4v) is 3.83. The molecule has 0 aliphatic carbocycles. The molecule has 1 amide bonds. The maximum atomic E-state index is 12.4. The lowest BCUT2D eigenvalue weighted by Crippen LogP contribution is -2.11. The molecule has 5 rings (SSSR count). The van der Waals surface area contributed by atoms with E-state index in [0.29, 0.717) is 11.2 Å². The summed E-state index contributed by atoms with van der Waals surface area (Å²) in [7, 11) is 0. The van der Waals surface area contributed by atoms with Crippen LogP contribution >= 0.6 is 11.3 Å². The number of anilines is 1. The number of hydrogen-bond acceptors (Lipinski definition) is 5. The van der Waals surface area contributed by atoms with E-state index in [1.807, 2.05) is 85.1 Å². The van der Waals surface area contributed by atoms with Crippen LogP contribution in [0.3, 0.4) is 0 Å². The summed E-state index contributed by atoms with van der Waals surface area (Å²) in [5, 5.41) is 18.1. The van der Waals surface area contributed by atoms with Crippen LogP contribution in [0.15, 0.2) is 78.2 Å². The van der Waals surface area contributed by atoms with Crippen LogP contribution in [-0.2, 0) is 0 Å². The highest BCUT2D eigenvalue weighted by atomic mass is 32.1. The molecule has 1 N–H and O–H groups in total. The lowest BCUT2D eigenvalue weighted by atomic mass is 10.1. The summed E-state index contributed by atoms with van der Waals surface area (Å²) in [4.78, 5) is 13.4. The Morgan fingerprint density at radius 2 is 1.73 bits per heavy atom. The van der Waals surface area contributed by atoms with E-state index < -0.39 is 0 Å². The number of carbonyl (C=O) groups is 1. The minimum atomic E-state index is -0.132. The number of aryl methyl sites for hydroxylation is 1. The monoisotopic (exact) mass is 411 g/mol. The Morgan fingerprint density at radius 1 is 0.933 bits per heavy atom. The summed E-state index contributed by atoms with van der Waals surface area (Å²) in [5.74, 6) is 0.594. The zero-order valence-corrected chi connectivity index (χ0v) is 16.9. The number of amides is 1. The first-order valence-corrected chi connectivity index (χ1v) is 10.3. The maximum Gasteiger partial charge on any atom is 0.255 e. The number of nitrogens with one attached hydrogen (secondary N) is 1. The predicted octanol–water partition coefficient (Wildman–Crippen LogP) is 5.08. The number of nitrogens with zero attached hydrogens (tertiary/aromatic N) is 4. The summed E-state index contributed by atoms with van der Waals surface area (Å²) >= 11 is 1.60. The van der Waals surface area contributed by atoms with Crippen molar-refractivity contribution >= 4 is 28.6 Å². The molecule has 6 nitrogen and oxygen atoms in total. The van der Waals surface area contributed by atoms with Gasteiger partial charge in [-0.3, -0.25) is 4.79 Å². The van der Waals surface area contributed by atoms with Gasteiger partial charge in [0.25, 0.3) is 5.91 Å². The van der Waals surface area contributed by atoms with Crippen LogP contribution < -0.4 is 5.32 Å². The third-order valence-corrected chi connectivity index (χ3v) is 5.62. The summed E-state index contributed by atoms with van der Waals surface area (Å²) in [6.45, 7) is 2.00. The molecule has 3 aromatic heterocycles. The quantitative estimate of drug-likeness (QED) is 0.448. The van der Waals surface area contributed by atoms with E-state index in [2.05, 4.69) is 15.5 Å². The Balaban J connectivity index is 1.40. The molecule has 7 heteroatoms. The predicted molar refractivity (Wildman–Crippen MR) is 119 cm³/mol. The van der Waals surface area contributed by atoms with Crippen molar-refractivity contribution in [2.24, 2.45) is 0 Å². The van der Waals surface area contributed by atoms with Crippen molar-refractivity contribution in [3.63, 3.8) is 0 Å². The van der Waals surface area contributed by atoms with Gasteiger partial charge >= 0.3 is 0 Å². The first-order valence-electron chi connectivity index (χ1n) is 9.42. The third-order valence-electron chi connectivity index (χ3n) is 4.76. The second-order valence-corrected chi connectivity index (χ2v) is 7.83. The standard InChI is InChI=1S/C23H17N5OS/c1-15-4-6-17(7-5-15)23(29)24-18-10-8-16(9-11-18)19-12-13-21-25-26-22(28(21)27-19)20-3-2-14-30-20/h2-14H,1H3,(H,24,29). The zero-order valence-electron chi connectivity index (χ0n) is 16.1. The molecular formula is C23H17N5OS. The molecular weight excluding hydrogens is 394 g/mol. The van der Waals surface area contributed by atoms with E-state index in [0.717, 1.165) is 33.2 Å². The van der Waals surface area contributed by atoms with Crippen molar-refractivity contribution in [1.29, 1.82) is 0 Å². The molecule has 5 aromatic rings. The van der Waals surface area contributed by atoms with Gasteiger partial charge in [-0.1, -0.05) is 35.9 Å². The van der Waals surface area contributed by atoms with Crippen LogP contribution in [0.4, 0.5) is 5.69 Å². The van der Waals surface area contributed by atoms with Gasteiger partial charge in [0.05, 0.1) is 10.6 Å². The molecule has 146 valence electrons. The average Bonchev–Trinajstić information content (AvgIpc) is 3.44. The van der Waals surface area contributed by atoms with Gasteiger partial charge in [0.1, 0.15) is 0 Å². The van der Waals surface area contributed by atoms with E-state index in [1.165, 1.54) is 0 Å². The topological polar surface area (TPSA) is 72.2 Å². The molecule has 0 aliphatic rings. The van der Waals surface area contributed by atoms with Gasteiger partial charge < -0.3 is 5.32 Å². The number of carbonyl (C=O) groups excluding carboxylic acids is 1. The van der Waals surface area contributed by atoms with Gasteiger partial charge in [0.15, 0.2) is 11.5 Å². The fraction of sp³-hybridized carbons (Fsp3) is 0.0435. The van der Waals surface area contributed by atoms with E-state index in [9.17, 15) is 4.79 Å². The lowest BCUT2D eigenvalue weighted by Gasteiger charge is -2.07. The maximum absolute atomic E-state index is 12.4. The Morgan fingerprint density at radius 3 is 2.47 bits per heavy atom. The Hall–Kier alpha value is -3.84.